The summed E-state index contributed by atoms with van der Waals surface area (Å²) in [5.41, 5.74) is 1.91. The number of fused-ring (bicyclic) bond motifs is 1. The summed E-state index contributed by atoms with van der Waals surface area (Å²) in [7, 11) is 0. The third-order valence-corrected chi connectivity index (χ3v) is 3.30. The Morgan fingerprint density at radius 3 is 2.87 bits per heavy atom. The van der Waals surface area contributed by atoms with E-state index in [1.807, 2.05) is 18.2 Å². The Labute approximate surface area is 95.4 Å². The van der Waals surface area contributed by atoms with Crippen molar-refractivity contribution in [3.05, 3.63) is 34.0 Å². The number of furan rings is 1. The predicted molar refractivity (Wildman–Crippen MR) is 61.3 cm³/mol. The summed E-state index contributed by atoms with van der Waals surface area (Å²) in [6.07, 6.45) is 3.16. The normalized spacial score (nSPS) is 15.8. The van der Waals surface area contributed by atoms with Gasteiger partial charge >= 0.3 is 0 Å². The topological polar surface area (TPSA) is 30.2 Å². The van der Waals surface area contributed by atoms with Crippen LogP contribution in [0, 0.1) is 0 Å². The number of hydrogen-bond acceptors (Lipinski definition) is 2. The van der Waals surface area contributed by atoms with Gasteiger partial charge in [0.15, 0.2) is 12.0 Å². The number of carbonyl (C=O) groups is 1. The Hall–Kier alpha value is -1.09. The van der Waals surface area contributed by atoms with Gasteiger partial charge in [-0.3, -0.25) is 4.79 Å². The highest BCUT2D eigenvalue weighted by Crippen LogP contribution is 2.46. The van der Waals surface area contributed by atoms with Crippen LogP contribution in [0.4, 0.5) is 0 Å². The first-order valence-corrected chi connectivity index (χ1v) is 5.76. The smallest absolute Gasteiger partial charge is 0.185 e. The zero-order valence-corrected chi connectivity index (χ0v) is 9.58. The highest BCUT2D eigenvalue weighted by molar-refractivity contribution is 9.10. The summed E-state index contributed by atoms with van der Waals surface area (Å²) < 4.78 is 6.54. The molecule has 3 heteroatoms. The lowest BCUT2D eigenvalue weighted by Gasteiger charge is -1.94. The van der Waals surface area contributed by atoms with Gasteiger partial charge in [0.1, 0.15) is 5.58 Å². The van der Waals surface area contributed by atoms with Gasteiger partial charge < -0.3 is 4.42 Å². The first kappa shape index (κ1) is 9.16. The van der Waals surface area contributed by atoms with Gasteiger partial charge in [0.2, 0.25) is 0 Å². The standard InChI is InChI=1S/C12H9BrO2/c13-8-3-4-10-9(5-8)12(7-1-2-7)11(6-14)15-10/h3-7H,1-2H2. The van der Waals surface area contributed by atoms with E-state index in [-0.39, 0.29) is 0 Å². The third-order valence-electron chi connectivity index (χ3n) is 2.81. The van der Waals surface area contributed by atoms with Crippen molar-refractivity contribution in [3.63, 3.8) is 0 Å². The van der Waals surface area contributed by atoms with Crippen molar-refractivity contribution in [2.45, 2.75) is 18.8 Å². The van der Waals surface area contributed by atoms with Crippen LogP contribution in [-0.2, 0) is 0 Å². The second-order valence-corrected chi connectivity index (χ2v) is 4.83. The average Bonchev–Trinajstić information content (AvgIpc) is 2.99. The quantitative estimate of drug-likeness (QED) is 0.771. The molecule has 1 aromatic heterocycles. The van der Waals surface area contributed by atoms with Crippen LogP contribution < -0.4 is 0 Å². The Bertz CT molecular complexity index is 538. The van der Waals surface area contributed by atoms with Gasteiger partial charge in [0, 0.05) is 15.4 Å². The van der Waals surface area contributed by atoms with E-state index in [0.29, 0.717) is 11.7 Å². The summed E-state index contributed by atoms with van der Waals surface area (Å²) in [6.45, 7) is 0. The van der Waals surface area contributed by atoms with Crippen molar-refractivity contribution in [2.75, 3.05) is 0 Å². The molecular weight excluding hydrogens is 256 g/mol. The van der Waals surface area contributed by atoms with E-state index in [0.717, 1.165) is 27.3 Å². The second kappa shape index (κ2) is 3.20. The van der Waals surface area contributed by atoms with E-state index in [4.69, 9.17) is 4.42 Å². The van der Waals surface area contributed by atoms with Gasteiger partial charge in [0.25, 0.3) is 0 Å². The Kier molecular flexibility index (Phi) is 1.96. The van der Waals surface area contributed by atoms with Gasteiger partial charge in [0.05, 0.1) is 0 Å². The molecule has 2 nitrogen and oxygen atoms in total. The Morgan fingerprint density at radius 2 is 2.20 bits per heavy atom. The molecule has 0 aliphatic heterocycles. The Balaban J connectivity index is 2.34. The second-order valence-electron chi connectivity index (χ2n) is 3.91. The summed E-state index contributed by atoms with van der Waals surface area (Å²) in [4.78, 5) is 10.9. The van der Waals surface area contributed by atoms with Gasteiger partial charge in [-0.25, -0.2) is 0 Å². The summed E-state index contributed by atoms with van der Waals surface area (Å²) >= 11 is 3.44. The molecule has 15 heavy (non-hydrogen) atoms. The fourth-order valence-corrected chi connectivity index (χ4v) is 2.35. The molecule has 1 saturated carbocycles. The van der Waals surface area contributed by atoms with Crippen LogP contribution in [0.2, 0.25) is 0 Å². The number of benzene rings is 1. The molecule has 1 aliphatic rings. The van der Waals surface area contributed by atoms with Crippen molar-refractivity contribution >= 4 is 33.2 Å². The molecule has 1 aromatic carbocycles. The van der Waals surface area contributed by atoms with Crippen LogP contribution in [-0.4, -0.2) is 6.29 Å². The minimum absolute atomic E-state index is 0.505. The van der Waals surface area contributed by atoms with Crippen LogP contribution in [0.5, 0.6) is 0 Å². The van der Waals surface area contributed by atoms with E-state index >= 15 is 0 Å². The fraction of sp³-hybridized carbons (Fsp3) is 0.250. The fourth-order valence-electron chi connectivity index (χ4n) is 1.99. The van der Waals surface area contributed by atoms with Crippen LogP contribution in [0.25, 0.3) is 11.0 Å². The maximum Gasteiger partial charge on any atom is 0.185 e. The van der Waals surface area contributed by atoms with E-state index in [1.54, 1.807) is 0 Å². The summed E-state index contributed by atoms with van der Waals surface area (Å²) in [5, 5.41) is 1.08. The van der Waals surface area contributed by atoms with Crippen molar-refractivity contribution in [2.24, 2.45) is 0 Å². The maximum atomic E-state index is 10.9. The first-order chi connectivity index (χ1) is 7.29. The SMILES string of the molecule is O=Cc1oc2ccc(Br)cc2c1C1CC1. The van der Waals surface area contributed by atoms with Gasteiger partial charge in [-0.15, -0.1) is 0 Å². The lowest BCUT2D eigenvalue weighted by Crippen LogP contribution is -1.83. The largest absolute Gasteiger partial charge is 0.453 e. The van der Waals surface area contributed by atoms with Crippen LogP contribution >= 0.6 is 15.9 Å². The average molecular weight is 265 g/mol. The summed E-state index contributed by atoms with van der Waals surface area (Å²) in [6, 6.07) is 5.86. The van der Waals surface area contributed by atoms with E-state index in [9.17, 15) is 4.79 Å². The van der Waals surface area contributed by atoms with Gasteiger partial charge in [-0.1, -0.05) is 15.9 Å². The molecule has 0 amide bonds. The molecule has 1 aliphatic carbocycles. The molecule has 1 fully saturated rings. The predicted octanol–water partition coefficient (Wildman–Crippen LogP) is 3.89. The van der Waals surface area contributed by atoms with Crippen molar-refractivity contribution in [1.29, 1.82) is 0 Å². The molecule has 0 saturated heterocycles. The minimum Gasteiger partial charge on any atom is -0.453 e. The number of carbonyl (C=O) groups excluding carboxylic acids is 1. The highest BCUT2D eigenvalue weighted by Gasteiger charge is 2.30. The zero-order chi connectivity index (χ0) is 10.4. The van der Waals surface area contributed by atoms with E-state index in [2.05, 4.69) is 15.9 Å². The minimum atomic E-state index is 0.505. The molecule has 0 radical (unpaired) electrons. The van der Waals surface area contributed by atoms with Crippen molar-refractivity contribution < 1.29 is 9.21 Å². The number of hydrogen-bond donors (Lipinski definition) is 0. The van der Waals surface area contributed by atoms with E-state index in [1.165, 1.54) is 12.8 Å². The van der Waals surface area contributed by atoms with Crippen molar-refractivity contribution in [3.8, 4) is 0 Å². The lowest BCUT2D eigenvalue weighted by molar-refractivity contribution is 0.110. The molecule has 0 bridgehead atoms. The molecule has 76 valence electrons. The summed E-state index contributed by atoms with van der Waals surface area (Å²) in [5.74, 6) is 1.03. The molecule has 0 unspecified atom stereocenters. The van der Waals surface area contributed by atoms with Gasteiger partial charge in [-0.2, -0.15) is 0 Å². The third kappa shape index (κ3) is 1.42. The van der Waals surface area contributed by atoms with Gasteiger partial charge in [-0.05, 0) is 37.0 Å². The number of halogens is 1. The van der Waals surface area contributed by atoms with Crippen LogP contribution in [0.15, 0.2) is 27.1 Å². The van der Waals surface area contributed by atoms with Crippen molar-refractivity contribution in [1.82, 2.24) is 0 Å². The van der Waals surface area contributed by atoms with Crippen LogP contribution in [0.1, 0.15) is 34.9 Å². The zero-order valence-electron chi connectivity index (χ0n) is 8.00. The monoisotopic (exact) mass is 264 g/mol. The molecule has 2 aromatic rings. The molecule has 1 heterocycles. The first-order valence-electron chi connectivity index (χ1n) is 4.96. The number of rotatable bonds is 2. The maximum absolute atomic E-state index is 10.9. The molecule has 3 rings (SSSR count). The highest BCUT2D eigenvalue weighted by atomic mass is 79.9. The molecule has 0 N–H and O–H groups in total. The molecular formula is C12H9BrO2. The molecule has 0 atom stereocenters. The lowest BCUT2D eigenvalue weighted by atomic mass is 10.1. The number of aldehydes is 1. The van der Waals surface area contributed by atoms with E-state index < -0.39 is 0 Å². The Morgan fingerprint density at radius 1 is 1.40 bits per heavy atom. The van der Waals surface area contributed by atoms with Crippen LogP contribution in [0.3, 0.4) is 0 Å². The molecule has 0 spiro atoms.